The van der Waals surface area contributed by atoms with Crippen LogP contribution in [0.5, 0.6) is 11.5 Å². The molecule has 1 N–H and O–H groups in total. The fourth-order valence-corrected chi connectivity index (χ4v) is 1.97. The highest BCUT2D eigenvalue weighted by atomic mass is 16.5. The van der Waals surface area contributed by atoms with Crippen LogP contribution < -0.4 is 14.8 Å². The molecule has 1 unspecified atom stereocenters. The predicted molar refractivity (Wildman–Crippen MR) is 75.4 cm³/mol. The molecule has 0 saturated heterocycles. The first-order valence-electron chi connectivity index (χ1n) is 6.22. The summed E-state index contributed by atoms with van der Waals surface area (Å²) in [5, 5.41) is 3.46. The first-order valence-corrected chi connectivity index (χ1v) is 6.22. The Balaban J connectivity index is 3.00. The minimum atomic E-state index is 0.271. The molecular weight excluding hydrogens is 226 g/mol. The molecule has 100 valence electrons. The molecular formula is C15H23NO2. The topological polar surface area (TPSA) is 30.5 Å². The predicted octanol–water partition coefficient (Wildman–Crippen LogP) is 3.32. The smallest absolute Gasteiger partial charge is 0.161 e. The van der Waals surface area contributed by atoms with Gasteiger partial charge in [-0.1, -0.05) is 18.6 Å². The molecule has 0 aliphatic heterocycles. The summed E-state index contributed by atoms with van der Waals surface area (Å²) in [6.07, 6.45) is 0.920. The Bertz CT molecular complexity index is 401. The third kappa shape index (κ3) is 3.77. The van der Waals surface area contributed by atoms with Crippen LogP contribution in [0.15, 0.2) is 30.4 Å². The Morgan fingerprint density at radius 2 is 1.94 bits per heavy atom. The van der Waals surface area contributed by atoms with Crippen molar-refractivity contribution in [1.82, 2.24) is 5.32 Å². The number of rotatable bonds is 7. The summed E-state index contributed by atoms with van der Waals surface area (Å²) in [5.74, 6) is 1.52. The molecule has 0 saturated carbocycles. The maximum atomic E-state index is 5.33. The van der Waals surface area contributed by atoms with Gasteiger partial charge in [0.15, 0.2) is 11.5 Å². The fourth-order valence-electron chi connectivity index (χ4n) is 1.97. The van der Waals surface area contributed by atoms with E-state index < -0.39 is 0 Å². The van der Waals surface area contributed by atoms with Crippen LogP contribution in [0.2, 0.25) is 0 Å². The largest absolute Gasteiger partial charge is 0.493 e. The Morgan fingerprint density at radius 3 is 2.44 bits per heavy atom. The lowest BCUT2D eigenvalue weighted by Crippen LogP contribution is -2.21. The summed E-state index contributed by atoms with van der Waals surface area (Å²) in [5.41, 5.74) is 2.35. The zero-order chi connectivity index (χ0) is 13.5. The van der Waals surface area contributed by atoms with E-state index in [1.165, 1.54) is 5.56 Å². The molecule has 0 fully saturated rings. The number of hydrogen-bond acceptors (Lipinski definition) is 3. The normalized spacial score (nSPS) is 12.0. The van der Waals surface area contributed by atoms with Gasteiger partial charge >= 0.3 is 0 Å². The molecule has 1 aromatic carbocycles. The maximum Gasteiger partial charge on any atom is 0.161 e. The lowest BCUT2D eigenvalue weighted by atomic mass is 10.00. The molecule has 18 heavy (non-hydrogen) atoms. The van der Waals surface area contributed by atoms with E-state index in [-0.39, 0.29) is 6.04 Å². The van der Waals surface area contributed by atoms with Gasteiger partial charge in [-0.25, -0.2) is 0 Å². The molecule has 1 rings (SSSR count). The summed E-state index contributed by atoms with van der Waals surface area (Å²) < 4.78 is 10.6. The van der Waals surface area contributed by atoms with Gasteiger partial charge in [0.1, 0.15) is 0 Å². The van der Waals surface area contributed by atoms with Crippen LogP contribution >= 0.6 is 0 Å². The Kier molecular flexibility index (Phi) is 5.72. The van der Waals surface area contributed by atoms with E-state index >= 15 is 0 Å². The van der Waals surface area contributed by atoms with E-state index in [1.54, 1.807) is 14.2 Å². The number of hydrogen-bond donors (Lipinski definition) is 1. The summed E-state index contributed by atoms with van der Waals surface area (Å²) in [7, 11) is 3.30. The van der Waals surface area contributed by atoms with Crippen molar-refractivity contribution in [2.45, 2.75) is 26.3 Å². The van der Waals surface area contributed by atoms with E-state index in [9.17, 15) is 0 Å². The van der Waals surface area contributed by atoms with Gasteiger partial charge in [-0.2, -0.15) is 0 Å². The second-order valence-corrected chi connectivity index (χ2v) is 4.39. The molecule has 1 atom stereocenters. The van der Waals surface area contributed by atoms with Crippen LogP contribution in [-0.4, -0.2) is 20.8 Å². The molecule has 0 heterocycles. The molecule has 0 radical (unpaired) electrons. The van der Waals surface area contributed by atoms with Crippen LogP contribution in [-0.2, 0) is 0 Å². The summed E-state index contributed by atoms with van der Waals surface area (Å²) >= 11 is 0. The van der Waals surface area contributed by atoms with Crippen molar-refractivity contribution in [1.29, 1.82) is 0 Å². The van der Waals surface area contributed by atoms with Crippen LogP contribution in [0.1, 0.15) is 31.9 Å². The van der Waals surface area contributed by atoms with Crippen molar-refractivity contribution in [3.63, 3.8) is 0 Å². The van der Waals surface area contributed by atoms with Gasteiger partial charge in [0, 0.05) is 6.04 Å². The van der Waals surface area contributed by atoms with Crippen molar-refractivity contribution in [2.24, 2.45) is 0 Å². The Labute approximate surface area is 110 Å². The average Bonchev–Trinajstić information content (AvgIpc) is 2.37. The summed E-state index contributed by atoms with van der Waals surface area (Å²) in [6, 6.07) is 6.30. The van der Waals surface area contributed by atoms with Gasteiger partial charge in [0.05, 0.1) is 14.2 Å². The zero-order valence-corrected chi connectivity index (χ0v) is 11.7. The Hall–Kier alpha value is -1.48. The SMILES string of the molecule is C=C(C)CC(NCC)c1ccc(OC)c(OC)c1. The van der Waals surface area contributed by atoms with Crippen LogP contribution in [0.25, 0.3) is 0 Å². The number of ether oxygens (including phenoxy) is 2. The second kappa shape index (κ2) is 7.07. The van der Waals surface area contributed by atoms with Crippen molar-refractivity contribution in [3.05, 3.63) is 35.9 Å². The maximum absolute atomic E-state index is 5.33. The minimum Gasteiger partial charge on any atom is -0.493 e. The molecule has 0 amide bonds. The average molecular weight is 249 g/mol. The first kappa shape index (κ1) is 14.6. The van der Waals surface area contributed by atoms with Crippen LogP contribution in [0, 0.1) is 0 Å². The highest BCUT2D eigenvalue weighted by molar-refractivity contribution is 5.44. The van der Waals surface area contributed by atoms with Gasteiger partial charge in [0.25, 0.3) is 0 Å². The lowest BCUT2D eigenvalue weighted by Gasteiger charge is -2.20. The van der Waals surface area contributed by atoms with E-state index in [4.69, 9.17) is 9.47 Å². The highest BCUT2D eigenvalue weighted by Gasteiger charge is 2.13. The number of nitrogens with one attached hydrogen (secondary N) is 1. The van der Waals surface area contributed by atoms with Crippen molar-refractivity contribution in [2.75, 3.05) is 20.8 Å². The molecule has 0 aliphatic rings. The number of methoxy groups -OCH3 is 2. The van der Waals surface area contributed by atoms with Crippen molar-refractivity contribution in [3.8, 4) is 11.5 Å². The van der Waals surface area contributed by atoms with Crippen molar-refractivity contribution < 1.29 is 9.47 Å². The third-order valence-electron chi connectivity index (χ3n) is 2.81. The second-order valence-electron chi connectivity index (χ2n) is 4.39. The molecule has 1 aromatic rings. The van der Waals surface area contributed by atoms with E-state index in [2.05, 4.69) is 24.9 Å². The quantitative estimate of drug-likeness (QED) is 0.752. The van der Waals surface area contributed by atoms with E-state index in [0.717, 1.165) is 30.0 Å². The van der Waals surface area contributed by atoms with E-state index in [0.29, 0.717) is 0 Å². The minimum absolute atomic E-state index is 0.271. The molecule has 0 aliphatic carbocycles. The van der Waals surface area contributed by atoms with Crippen LogP contribution in [0.4, 0.5) is 0 Å². The summed E-state index contributed by atoms with van der Waals surface area (Å²) in [6.45, 7) is 9.06. The van der Waals surface area contributed by atoms with E-state index in [1.807, 2.05) is 19.1 Å². The summed E-state index contributed by atoms with van der Waals surface area (Å²) in [4.78, 5) is 0. The zero-order valence-electron chi connectivity index (χ0n) is 11.7. The Morgan fingerprint density at radius 1 is 1.28 bits per heavy atom. The highest BCUT2D eigenvalue weighted by Crippen LogP contribution is 2.31. The molecule has 0 aromatic heterocycles. The van der Waals surface area contributed by atoms with Crippen LogP contribution in [0.3, 0.4) is 0 Å². The first-order chi connectivity index (χ1) is 8.62. The van der Waals surface area contributed by atoms with Gasteiger partial charge in [-0.05, 0) is 37.6 Å². The van der Waals surface area contributed by atoms with Crippen molar-refractivity contribution >= 4 is 0 Å². The fraction of sp³-hybridized carbons (Fsp3) is 0.467. The molecule has 3 nitrogen and oxygen atoms in total. The van der Waals surface area contributed by atoms with Gasteiger partial charge < -0.3 is 14.8 Å². The monoisotopic (exact) mass is 249 g/mol. The van der Waals surface area contributed by atoms with Gasteiger partial charge in [-0.3, -0.25) is 0 Å². The molecule has 0 bridgehead atoms. The van der Waals surface area contributed by atoms with Gasteiger partial charge in [0.2, 0.25) is 0 Å². The standard InChI is InChI=1S/C15H23NO2/c1-6-16-13(9-11(2)3)12-7-8-14(17-4)15(10-12)18-5/h7-8,10,13,16H,2,6,9H2,1,3-5H3. The third-order valence-corrected chi connectivity index (χ3v) is 2.81. The lowest BCUT2D eigenvalue weighted by molar-refractivity contribution is 0.354. The number of benzene rings is 1. The molecule has 3 heteroatoms. The molecule has 0 spiro atoms. The van der Waals surface area contributed by atoms with Gasteiger partial charge in [-0.15, -0.1) is 6.58 Å².